The van der Waals surface area contributed by atoms with Crippen molar-refractivity contribution in [3.05, 3.63) is 34.9 Å². The van der Waals surface area contributed by atoms with Gasteiger partial charge >= 0.3 is 0 Å². The summed E-state index contributed by atoms with van der Waals surface area (Å²) in [6.07, 6.45) is 5.08. The van der Waals surface area contributed by atoms with Crippen LogP contribution in [0, 0.1) is 11.8 Å². The fourth-order valence-electron chi connectivity index (χ4n) is 3.39. The Morgan fingerprint density at radius 3 is 2.56 bits per heavy atom. The number of benzene rings is 1. The van der Waals surface area contributed by atoms with Crippen LogP contribution in [0.1, 0.15) is 31.2 Å². The third-order valence-corrected chi connectivity index (χ3v) is 4.91. The van der Waals surface area contributed by atoms with E-state index in [-0.39, 0.29) is 5.41 Å². The second-order valence-corrected chi connectivity index (χ2v) is 5.64. The first-order valence-corrected chi connectivity index (χ1v) is 6.52. The standard InChI is InChI=1S/C14H17ClO/c15-13-7-2-1-6-12(13)14(8-11(14)9-16)10-4-3-5-10/h1-2,6-7,10-11,16H,3-5,8-9H2. The third-order valence-electron chi connectivity index (χ3n) is 4.58. The van der Waals surface area contributed by atoms with E-state index in [2.05, 4.69) is 12.1 Å². The predicted octanol–water partition coefficient (Wildman–Crippen LogP) is 3.39. The molecule has 2 heteroatoms. The second kappa shape index (κ2) is 3.75. The lowest BCUT2D eigenvalue weighted by Crippen LogP contribution is -2.29. The monoisotopic (exact) mass is 236 g/mol. The molecule has 2 aliphatic rings. The number of halogens is 1. The van der Waals surface area contributed by atoms with Crippen LogP contribution < -0.4 is 0 Å². The Labute approximate surface area is 101 Å². The van der Waals surface area contributed by atoms with Gasteiger partial charge in [-0.3, -0.25) is 0 Å². The molecule has 0 aliphatic heterocycles. The lowest BCUT2D eigenvalue weighted by Gasteiger charge is -2.36. The fraction of sp³-hybridized carbons (Fsp3) is 0.571. The average molecular weight is 237 g/mol. The van der Waals surface area contributed by atoms with Crippen molar-refractivity contribution >= 4 is 11.6 Å². The lowest BCUT2D eigenvalue weighted by molar-refractivity contribution is 0.197. The molecule has 86 valence electrons. The molecule has 0 heterocycles. The Bertz CT molecular complexity index is 399. The molecule has 0 spiro atoms. The number of hydrogen-bond donors (Lipinski definition) is 1. The number of rotatable bonds is 3. The van der Waals surface area contributed by atoms with Gasteiger partial charge in [-0.15, -0.1) is 0 Å². The molecule has 1 aromatic carbocycles. The maximum absolute atomic E-state index is 9.42. The minimum absolute atomic E-state index is 0.214. The van der Waals surface area contributed by atoms with Crippen LogP contribution in [0.5, 0.6) is 0 Å². The Balaban J connectivity index is 1.98. The molecule has 0 aromatic heterocycles. The summed E-state index contributed by atoms with van der Waals surface area (Å²) in [4.78, 5) is 0. The van der Waals surface area contributed by atoms with Crippen LogP contribution in [-0.4, -0.2) is 11.7 Å². The molecule has 0 amide bonds. The molecule has 1 nitrogen and oxygen atoms in total. The van der Waals surface area contributed by atoms with Crippen molar-refractivity contribution in [1.29, 1.82) is 0 Å². The van der Waals surface area contributed by atoms with Crippen molar-refractivity contribution in [2.24, 2.45) is 11.8 Å². The summed E-state index contributed by atoms with van der Waals surface area (Å²) < 4.78 is 0. The summed E-state index contributed by atoms with van der Waals surface area (Å²) in [7, 11) is 0. The van der Waals surface area contributed by atoms with E-state index < -0.39 is 0 Å². The highest BCUT2D eigenvalue weighted by molar-refractivity contribution is 6.31. The first kappa shape index (κ1) is 10.6. The molecule has 2 saturated carbocycles. The summed E-state index contributed by atoms with van der Waals surface area (Å²) in [6.45, 7) is 0.307. The quantitative estimate of drug-likeness (QED) is 0.853. The summed E-state index contributed by atoms with van der Waals surface area (Å²) in [5.74, 6) is 1.20. The van der Waals surface area contributed by atoms with Crippen LogP contribution in [0.15, 0.2) is 24.3 Å². The second-order valence-electron chi connectivity index (χ2n) is 5.23. The Morgan fingerprint density at radius 2 is 2.06 bits per heavy atom. The molecule has 3 rings (SSSR count). The molecular weight excluding hydrogens is 220 g/mol. The van der Waals surface area contributed by atoms with E-state index in [4.69, 9.17) is 11.6 Å². The molecule has 1 aromatic rings. The van der Waals surface area contributed by atoms with Gasteiger partial charge < -0.3 is 5.11 Å². The lowest BCUT2D eigenvalue weighted by atomic mass is 9.69. The van der Waals surface area contributed by atoms with E-state index >= 15 is 0 Å². The normalized spacial score (nSPS) is 33.5. The van der Waals surface area contributed by atoms with Gasteiger partial charge in [0.2, 0.25) is 0 Å². The molecule has 0 saturated heterocycles. The molecule has 2 unspecified atom stereocenters. The van der Waals surface area contributed by atoms with Gasteiger partial charge in [0.25, 0.3) is 0 Å². The Kier molecular flexibility index (Phi) is 2.49. The van der Waals surface area contributed by atoms with E-state index in [0.717, 1.165) is 17.4 Å². The van der Waals surface area contributed by atoms with Gasteiger partial charge in [-0.05, 0) is 42.7 Å². The molecular formula is C14H17ClO. The van der Waals surface area contributed by atoms with Crippen LogP contribution in [-0.2, 0) is 5.41 Å². The van der Waals surface area contributed by atoms with Gasteiger partial charge in [0.1, 0.15) is 0 Å². The third kappa shape index (κ3) is 1.34. The highest BCUT2D eigenvalue weighted by Crippen LogP contribution is 2.64. The van der Waals surface area contributed by atoms with E-state index in [9.17, 15) is 5.11 Å². The molecule has 0 bridgehead atoms. The molecule has 2 aliphatic carbocycles. The highest BCUT2D eigenvalue weighted by Gasteiger charge is 2.60. The smallest absolute Gasteiger partial charge is 0.0468 e. The van der Waals surface area contributed by atoms with Gasteiger partial charge in [-0.1, -0.05) is 36.2 Å². The zero-order valence-electron chi connectivity index (χ0n) is 9.32. The van der Waals surface area contributed by atoms with Crippen molar-refractivity contribution in [2.75, 3.05) is 6.61 Å². The molecule has 1 N–H and O–H groups in total. The Hall–Kier alpha value is -0.530. The summed E-state index contributed by atoms with van der Waals surface area (Å²) in [5, 5.41) is 10.3. The number of hydrogen-bond acceptors (Lipinski definition) is 1. The number of aliphatic hydroxyl groups excluding tert-OH is 1. The van der Waals surface area contributed by atoms with Crippen LogP contribution in [0.4, 0.5) is 0 Å². The van der Waals surface area contributed by atoms with E-state index in [0.29, 0.717) is 12.5 Å². The average Bonchev–Trinajstić information content (AvgIpc) is 2.91. The SMILES string of the molecule is OCC1CC1(c1ccccc1Cl)C1CCC1. The minimum Gasteiger partial charge on any atom is -0.396 e. The molecule has 2 fully saturated rings. The van der Waals surface area contributed by atoms with Crippen molar-refractivity contribution in [1.82, 2.24) is 0 Å². The zero-order valence-corrected chi connectivity index (χ0v) is 10.1. The summed E-state index contributed by atoms with van der Waals surface area (Å²) in [6, 6.07) is 8.17. The maximum atomic E-state index is 9.42. The fourth-order valence-corrected chi connectivity index (χ4v) is 3.70. The predicted molar refractivity (Wildman–Crippen MR) is 65.7 cm³/mol. The van der Waals surface area contributed by atoms with Gasteiger partial charge in [0.15, 0.2) is 0 Å². The van der Waals surface area contributed by atoms with Crippen LogP contribution in [0.25, 0.3) is 0 Å². The Morgan fingerprint density at radius 1 is 1.31 bits per heavy atom. The van der Waals surface area contributed by atoms with Gasteiger partial charge in [-0.2, -0.15) is 0 Å². The van der Waals surface area contributed by atoms with E-state index in [1.165, 1.54) is 24.8 Å². The van der Waals surface area contributed by atoms with E-state index in [1.807, 2.05) is 12.1 Å². The first-order valence-electron chi connectivity index (χ1n) is 6.15. The van der Waals surface area contributed by atoms with Crippen molar-refractivity contribution in [2.45, 2.75) is 31.1 Å². The van der Waals surface area contributed by atoms with Gasteiger partial charge in [-0.25, -0.2) is 0 Å². The number of aliphatic hydroxyl groups is 1. The van der Waals surface area contributed by atoms with E-state index in [1.54, 1.807) is 0 Å². The topological polar surface area (TPSA) is 20.2 Å². The molecule has 2 atom stereocenters. The molecule has 0 radical (unpaired) electrons. The van der Waals surface area contributed by atoms with Crippen LogP contribution in [0.2, 0.25) is 5.02 Å². The highest BCUT2D eigenvalue weighted by atomic mass is 35.5. The zero-order chi connectivity index (χ0) is 11.2. The maximum Gasteiger partial charge on any atom is 0.0468 e. The molecule has 16 heavy (non-hydrogen) atoms. The largest absolute Gasteiger partial charge is 0.396 e. The van der Waals surface area contributed by atoms with Crippen LogP contribution >= 0.6 is 11.6 Å². The van der Waals surface area contributed by atoms with Crippen molar-refractivity contribution in [3.8, 4) is 0 Å². The van der Waals surface area contributed by atoms with Gasteiger partial charge in [0.05, 0.1) is 0 Å². The minimum atomic E-state index is 0.214. The summed E-state index contributed by atoms with van der Waals surface area (Å²) >= 11 is 6.31. The van der Waals surface area contributed by atoms with Crippen molar-refractivity contribution in [3.63, 3.8) is 0 Å². The first-order chi connectivity index (χ1) is 7.79. The van der Waals surface area contributed by atoms with Crippen LogP contribution in [0.3, 0.4) is 0 Å². The summed E-state index contributed by atoms with van der Waals surface area (Å²) in [5.41, 5.74) is 1.49. The van der Waals surface area contributed by atoms with Gasteiger partial charge in [0, 0.05) is 17.0 Å². The van der Waals surface area contributed by atoms with Crippen molar-refractivity contribution < 1.29 is 5.11 Å².